The molecular weight excluding hydrogens is 369 g/mol. The van der Waals surface area contributed by atoms with Gasteiger partial charge in [-0.05, 0) is 32.4 Å². The molecule has 1 aromatic carbocycles. The molecular formula is C19H23ClFN5O. The largest absolute Gasteiger partial charge is 0.355 e. The van der Waals surface area contributed by atoms with Crippen molar-refractivity contribution in [1.29, 1.82) is 0 Å². The first-order chi connectivity index (χ1) is 12.5. The minimum absolute atomic E-state index is 0.0857. The minimum Gasteiger partial charge on any atom is -0.355 e. The van der Waals surface area contributed by atoms with Gasteiger partial charge in [-0.25, -0.2) is 9.07 Å². The van der Waals surface area contributed by atoms with E-state index in [9.17, 15) is 9.18 Å². The highest BCUT2D eigenvalue weighted by Gasteiger charge is 2.26. The second-order valence-corrected chi connectivity index (χ2v) is 8.63. The summed E-state index contributed by atoms with van der Waals surface area (Å²) in [5.41, 5.74) is -0.175. The Morgan fingerprint density at radius 3 is 2.63 bits per heavy atom. The van der Waals surface area contributed by atoms with Gasteiger partial charge in [0.05, 0.1) is 16.8 Å². The fourth-order valence-corrected chi connectivity index (χ4v) is 3.09. The number of hydrogen-bond acceptors (Lipinski definition) is 4. The van der Waals surface area contributed by atoms with Gasteiger partial charge in [-0.15, -0.1) is 0 Å². The van der Waals surface area contributed by atoms with E-state index >= 15 is 0 Å². The third kappa shape index (κ3) is 3.69. The van der Waals surface area contributed by atoms with Crippen molar-refractivity contribution >= 4 is 28.6 Å². The lowest BCUT2D eigenvalue weighted by molar-refractivity contribution is 0.366. The molecule has 0 amide bonds. The number of nitrogens with zero attached hydrogens (tertiary/aromatic N) is 3. The van der Waals surface area contributed by atoms with Gasteiger partial charge in [0.25, 0.3) is 5.56 Å². The van der Waals surface area contributed by atoms with Crippen LogP contribution in [0.3, 0.4) is 0 Å². The monoisotopic (exact) mass is 391 g/mol. The summed E-state index contributed by atoms with van der Waals surface area (Å²) in [6.45, 7) is 10.1. The Bertz CT molecular complexity index is 1050. The predicted octanol–water partition coefficient (Wildman–Crippen LogP) is 4.06. The lowest BCUT2D eigenvalue weighted by Crippen LogP contribution is -2.30. The summed E-state index contributed by atoms with van der Waals surface area (Å²) >= 11 is 5.91. The number of aromatic amines is 1. The van der Waals surface area contributed by atoms with Crippen LogP contribution < -0.4 is 10.9 Å². The maximum absolute atomic E-state index is 14.4. The summed E-state index contributed by atoms with van der Waals surface area (Å²) in [5, 5.41) is 7.91. The van der Waals surface area contributed by atoms with Crippen molar-refractivity contribution in [1.82, 2.24) is 19.7 Å². The van der Waals surface area contributed by atoms with E-state index in [-0.39, 0.29) is 16.1 Å². The highest BCUT2D eigenvalue weighted by atomic mass is 35.5. The number of H-pyrrole nitrogens is 1. The number of aromatic nitrogens is 4. The van der Waals surface area contributed by atoms with E-state index in [0.717, 1.165) is 0 Å². The first-order valence-corrected chi connectivity index (χ1v) is 9.05. The second-order valence-electron chi connectivity index (χ2n) is 8.22. The molecule has 0 saturated carbocycles. The molecule has 2 heterocycles. The van der Waals surface area contributed by atoms with Gasteiger partial charge >= 0.3 is 0 Å². The average molecular weight is 392 g/mol. The Kier molecular flexibility index (Phi) is 4.76. The van der Waals surface area contributed by atoms with Crippen LogP contribution in [-0.4, -0.2) is 26.3 Å². The van der Waals surface area contributed by atoms with Gasteiger partial charge in [0.15, 0.2) is 5.65 Å². The molecule has 6 nitrogen and oxygen atoms in total. The van der Waals surface area contributed by atoms with E-state index in [1.165, 1.54) is 12.3 Å². The molecule has 0 spiro atoms. The molecule has 0 saturated heterocycles. The van der Waals surface area contributed by atoms with Gasteiger partial charge in [0, 0.05) is 12.0 Å². The summed E-state index contributed by atoms with van der Waals surface area (Å²) in [7, 11) is 0. The lowest BCUT2D eigenvalue weighted by Gasteiger charge is -2.26. The Labute approximate surface area is 161 Å². The maximum atomic E-state index is 14.4. The highest BCUT2D eigenvalue weighted by molar-refractivity contribution is 6.30. The molecule has 0 atom stereocenters. The summed E-state index contributed by atoms with van der Waals surface area (Å²) < 4.78 is 16.1. The van der Waals surface area contributed by atoms with Gasteiger partial charge in [-0.3, -0.25) is 9.78 Å². The summed E-state index contributed by atoms with van der Waals surface area (Å²) in [6, 6.07) is 4.94. The van der Waals surface area contributed by atoms with Gasteiger partial charge in [-0.2, -0.15) is 10.1 Å². The molecule has 2 N–H and O–H groups in total. The highest BCUT2D eigenvalue weighted by Crippen LogP contribution is 2.29. The van der Waals surface area contributed by atoms with E-state index in [1.807, 2.05) is 34.6 Å². The Hall–Kier alpha value is -2.41. The number of nitrogens with one attached hydrogen (secondary N) is 2. The van der Waals surface area contributed by atoms with Crippen LogP contribution >= 0.6 is 11.6 Å². The standard InChI is InChI=1S/C19H23ClFN5O/c1-18(2,3)26-15-11(9-23-26)16(27)25-17(24-15)22-10-19(4,5)12-7-6-8-13(20)14(12)21/h6-9H,10H2,1-5H3,(H2,22,24,25,27). The zero-order chi connectivity index (χ0) is 20.0. The van der Waals surface area contributed by atoms with Crippen molar-refractivity contribution in [3.63, 3.8) is 0 Å². The number of halogens is 2. The van der Waals surface area contributed by atoms with Crippen LogP contribution in [0.5, 0.6) is 0 Å². The van der Waals surface area contributed by atoms with Crippen LogP contribution in [0.2, 0.25) is 5.02 Å². The number of anilines is 1. The first-order valence-electron chi connectivity index (χ1n) is 8.67. The molecule has 0 aliphatic rings. The van der Waals surface area contributed by atoms with Crippen molar-refractivity contribution in [2.45, 2.75) is 45.6 Å². The van der Waals surface area contributed by atoms with E-state index in [0.29, 0.717) is 29.1 Å². The van der Waals surface area contributed by atoms with Crippen LogP contribution in [0, 0.1) is 5.82 Å². The number of rotatable bonds is 4. The van der Waals surface area contributed by atoms with Gasteiger partial charge in [0.2, 0.25) is 5.95 Å². The fraction of sp³-hybridized carbons (Fsp3) is 0.421. The summed E-state index contributed by atoms with van der Waals surface area (Å²) in [6.07, 6.45) is 1.52. The van der Waals surface area contributed by atoms with Crippen LogP contribution in [0.15, 0.2) is 29.2 Å². The lowest BCUT2D eigenvalue weighted by atomic mass is 9.84. The van der Waals surface area contributed by atoms with Gasteiger partial charge in [0.1, 0.15) is 11.2 Å². The zero-order valence-corrected chi connectivity index (χ0v) is 16.8. The Balaban J connectivity index is 1.93. The minimum atomic E-state index is -0.577. The smallest absolute Gasteiger partial charge is 0.263 e. The van der Waals surface area contributed by atoms with E-state index in [4.69, 9.17) is 11.6 Å². The van der Waals surface area contributed by atoms with Crippen molar-refractivity contribution in [2.24, 2.45) is 0 Å². The van der Waals surface area contributed by atoms with Crippen molar-refractivity contribution in [3.8, 4) is 0 Å². The van der Waals surface area contributed by atoms with Crippen LogP contribution in [0.1, 0.15) is 40.2 Å². The molecule has 0 aliphatic heterocycles. The molecule has 0 fully saturated rings. The molecule has 144 valence electrons. The molecule has 27 heavy (non-hydrogen) atoms. The first kappa shape index (κ1) is 19.4. The molecule has 3 aromatic rings. The summed E-state index contributed by atoms with van der Waals surface area (Å²) in [4.78, 5) is 19.6. The normalized spacial score (nSPS) is 12.6. The topological polar surface area (TPSA) is 75.6 Å². The quantitative estimate of drug-likeness (QED) is 0.703. The van der Waals surface area contributed by atoms with Crippen LogP contribution in [-0.2, 0) is 11.0 Å². The zero-order valence-electron chi connectivity index (χ0n) is 16.0. The summed E-state index contributed by atoms with van der Waals surface area (Å²) in [5.74, 6) is -0.123. The predicted molar refractivity (Wildman–Crippen MR) is 106 cm³/mol. The Morgan fingerprint density at radius 2 is 1.96 bits per heavy atom. The maximum Gasteiger partial charge on any atom is 0.263 e. The molecule has 0 bridgehead atoms. The van der Waals surface area contributed by atoms with Crippen molar-refractivity contribution in [2.75, 3.05) is 11.9 Å². The molecule has 2 aromatic heterocycles. The second kappa shape index (κ2) is 6.64. The van der Waals surface area contributed by atoms with Crippen LogP contribution in [0.4, 0.5) is 10.3 Å². The molecule has 3 rings (SSSR count). The Morgan fingerprint density at radius 1 is 1.26 bits per heavy atom. The molecule has 0 radical (unpaired) electrons. The van der Waals surface area contributed by atoms with Gasteiger partial charge < -0.3 is 5.32 Å². The van der Waals surface area contributed by atoms with Crippen molar-refractivity contribution < 1.29 is 4.39 Å². The molecule has 8 heteroatoms. The third-order valence-corrected chi connectivity index (χ3v) is 4.74. The SMILES string of the molecule is CC(C)(CNc1nc2c(cnn2C(C)(C)C)c(=O)[nH]1)c1cccc(Cl)c1F. The van der Waals surface area contributed by atoms with E-state index < -0.39 is 11.2 Å². The molecule has 0 unspecified atom stereocenters. The fourth-order valence-electron chi connectivity index (χ4n) is 2.92. The molecule has 0 aliphatic carbocycles. The number of hydrogen-bond donors (Lipinski definition) is 2. The average Bonchev–Trinajstić information content (AvgIpc) is 3.00. The van der Waals surface area contributed by atoms with Crippen LogP contribution in [0.25, 0.3) is 11.0 Å². The van der Waals surface area contributed by atoms with Gasteiger partial charge in [-0.1, -0.05) is 37.6 Å². The third-order valence-electron chi connectivity index (χ3n) is 4.45. The van der Waals surface area contributed by atoms with E-state index in [2.05, 4.69) is 20.4 Å². The van der Waals surface area contributed by atoms with Crippen molar-refractivity contribution in [3.05, 3.63) is 51.2 Å². The number of fused-ring (bicyclic) bond motifs is 1. The van der Waals surface area contributed by atoms with E-state index in [1.54, 1.807) is 16.8 Å². The number of benzene rings is 1.